The van der Waals surface area contributed by atoms with Crippen molar-refractivity contribution in [3.63, 3.8) is 0 Å². The molecule has 8 nitrogen and oxygen atoms in total. The van der Waals surface area contributed by atoms with Crippen LogP contribution in [0.3, 0.4) is 0 Å². The molecule has 0 fully saturated rings. The van der Waals surface area contributed by atoms with E-state index in [9.17, 15) is 4.55 Å². The van der Waals surface area contributed by atoms with Crippen LogP contribution < -0.4 is 9.47 Å². The second kappa shape index (κ2) is 23.7. The Morgan fingerprint density at radius 2 is 0.949 bits per heavy atom. The summed E-state index contributed by atoms with van der Waals surface area (Å²) in [5.74, 6) is 8.36. The molecule has 0 saturated heterocycles. The summed E-state index contributed by atoms with van der Waals surface area (Å²) in [4.78, 5) is 2.30. The van der Waals surface area contributed by atoms with Crippen molar-refractivity contribution < 1.29 is 37.5 Å². The summed E-state index contributed by atoms with van der Waals surface area (Å²) in [5.41, 5.74) is 0. The SMILES string of the molecule is C=S(O)CCSc1ccc(OCCOCCOCCOCCOCCOc2ccc(SCCSO)cc2)cc1. The smallest absolute Gasteiger partial charge is 0.119 e. The number of benzene rings is 2. The van der Waals surface area contributed by atoms with Gasteiger partial charge in [0.25, 0.3) is 0 Å². The highest BCUT2D eigenvalue weighted by atomic mass is 32.2. The Balaban J connectivity index is 1.31. The predicted octanol–water partition coefficient (Wildman–Crippen LogP) is 5.78. The van der Waals surface area contributed by atoms with E-state index in [-0.39, 0.29) is 0 Å². The molecule has 39 heavy (non-hydrogen) atoms. The Morgan fingerprint density at radius 3 is 1.33 bits per heavy atom. The van der Waals surface area contributed by atoms with Crippen molar-refractivity contribution in [1.29, 1.82) is 0 Å². The minimum absolute atomic E-state index is 0.479. The quantitative estimate of drug-likeness (QED) is 0.0613. The largest absolute Gasteiger partial charge is 0.491 e. The molecule has 0 aliphatic carbocycles. The zero-order chi connectivity index (χ0) is 27.8. The molecule has 0 aliphatic heterocycles. The van der Waals surface area contributed by atoms with Crippen molar-refractivity contribution in [2.24, 2.45) is 0 Å². The lowest BCUT2D eigenvalue weighted by molar-refractivity contribution is -0.00699. The van der Waals surface area contributed by atoms with Crippen molar-refractivity contribution in [3.8, 4) is 11.5 Å². The molecule has 220 valence electrons. The molecule has 0 bridgehead atoms. The maximum Gasteiger partial charge on any atom is 0.119 e. The van der Waals surface area contributed by atoms with E-state index >= 15 is 0 Å². The van der Waals surface area contributed by atoms with Crippen molar-refractivity contribution in [1.82, 2.24) is 0 Å². The lowest BCUT2D eigenvalue weighted by Crippen LogP contribution is -2.14. The zero-order valence-corrected chi connectivity index (χ0v) is 25.5. The second-order valence-corrected chi connectivity index (χ2v) is 12.1. The summed E-state index contributed by atoms with van der Waals surface area (Å²) in [6.45, 7) is 5.00. The molecule has 0 saturated carbocycles. The van der Waals surface area contributed by atoms with Crippen LogP contribution in [0, 0.1) is 0 Å². The summed E-state index contributed by atoms with van der Waals surface area (Å²) >= 11 is 4.26. The van der Waals surface area contributed by atoms with Gasteiger partial charge in [0.05, 0.1) is 52.9 Å². The van der Waals surface area contributed by atoms with Crippen LogP contribution in [0.15, 0.2) is 58.3 Å². The number of rotatable bonds is 25. The fourth-order valence-electron chi connectivity index (χ4n) is 2.92. The number of hydrogen-bond acceptors (Lipinski definition) is 11. The molecule has 12 heteroatoms. The maximum absolute atomic E-state index is 9.23. The molecule has 0 amide bonds. The van der Waals surface area contributed by atoms with E-state index in [1.54, 1.807) is 23.5 Å². The molecule has 0 spiro atoms. The van der Waals surface area contributed by atoms with Crippen LogP contribution in [0.1, 0.15) is 0 Å². The minimum Gasteiger partial charge on any atom is -0.491 e. The molecule has 0 aromatic heterocycles. The van der Waals surface area contributed by atoms with Crippen LogP contribution in [0.5, 0.6) is 11.5 Å². The van der Waals surface area contributed by atoms with Crippen LogP contribution in [0.4, 0.5) is 0 Å². The molecule has 2 aromatic rings. The summed E-state index contributed by atoms with van der Waals surface area (Å²) in [7, 11) is -0.750. The van der Waals surface area contributed by atoms with Gasteiger partial charge in [-0.25, -0.2) is 0 Å². The van der Waals surface area contributed by atoms with Gasteiger partial charge >= 0.3 is 0 Å². The van der Waals surface area contributed by atoms with Gasteiger partial charge in [0.15, 0.2) is 0 Å². The van der Waals surface area contributed by atoms with Crippen LogP contribution in [-0.4, -0.2) is 104 Å². The first-order valence-electron chi connectivity index (χ1n) is 12.7. The predicted molar refractivity (Wildman–Crippen MR) is 166 cm³/mol. The maximum atomic E-state index is 9.23. The van der Waals surface area contributed by atoms with E-state index < -0.39 is 10.8 Å². The van der Waals surface area contributed by atoms with E-state index in [4.69, 9.17) is 33.0 Å². The molecule has 0 radical (unpaired) electrons. The third-order valence-corrected chi connectivity index (χ3v) is 8.39. The standard InChI is InChI=1S/C27H40O8S4/c1-39(29)23-22-37-27-8-4-25(5-9-27)35-19-17-33-15-13-31-11-10-30-12-14-32-16-18-34-24-2-6-26(7-3-24)36-20-21-38-28/h2-9,28-29H,1,10-23H2. The molecule has 1 atom stereocenters. The molecule has 2 N–H and O–H groups in total. The molecular weight excluding hydrogens is 581 g/mol. The van der Waals surface area contributed by atoms with Crippen LogP contribution in [0.25, 0.3) is 0 Å². The first-order chi connectivity index (χ1) is 19.2. The van der Waals surface area contributed by atoms with Gasteiger partial charge in [0.2, 0.25) is 0 Å². The average molecular weight is 621 g/mol. The monoisotopic (exact) mass is 620 g/mol. The fourth-order valence-corrected chi connectivity index (χ4v) is 5.78. The molecule has 0 aliphatic rings. The molecule has 2 aromatic carbocycles. The second-order valence-electron chi connectivity index (χ2n) is 7.79. The highest BCUT2D eigenvalue weighted by Crippen LogP contribution is 2.23. The van der Waals surface area contributed by atoms with Gasteiger partial charge in [0, 0.05) is 32.8 Å². The van der Waals surface area contributed by atoms with Crippen LogP contribution in [0.2, 0.25) is 0 Å². The van der Waals surface area contributed by atoms with Gasteiger partial charge in [-0.05, 0) is 60.6 Å². The summed E-state index contributed by atoms with van der Waals surface area (Å²) in [5, 5.41) is 0. The topological polar surface area (TPSA) is 95.8 Å². The van der Waals surface area contributed by atoms with Crippen molar-refractivity contribution >= 4 is 52.2 Å². The molecular formula is C27H40O8S4. The number of ether oxygens (including phenoxy) is 6. The Hall–Kier alpha value is -0.930. The van der Waals surface area contributed by atoms with Gasteiger partial charge < -0.3 is 37.5 Å². The summed E-state index contributed by atoms with van der Waals surface area (Å²) < 4.78 is 51.4. The van der Waals surface area contributed by atoms with Gasteiger partial charge in [-0.1, -0.05) is 16.6 Å². The Kier molecular flexibility index (Phi) is 20.9. The Bertz CT molecular complexity index is 871. The van der Waals surface area contributed by atoms with Crippen molar-refractivity contribution in [3.05, 3.63) is 48.5 Å². The first kappa shape index (κ1) is 34.3. The minimum atomic E-state index is -0.750. The van der Waals surface area contributed by atoms with Gasteiger partial charge in [-0.15, -0.1) is 23.5 Å². The number of hydrogen-bond donors (Lipinski definition) is 2. The normalized spacial score (nSPS) is 11.9. The van der Waals surface area contributed by atoms with Gasteiger partial charge in [-0.2, -0.15) is 0 Å². The molecule has 1 unspecified atom stereocenters. The van der Waals surface area contributed by atoms with Crippen molar-refractivity contribution in [2.45, 2.75) is 9.79 Å². The zero-order valence-electron chi connectivity index (χ0n) is 22.2. The number of thioether (sulfide) groups is 2. The van der Waals surface area contributed by atoms with Gasteiger partial charge in [0.1, 0.15) is 24.7 Å². The van der Waals surface area contributed by atoms with Crippen LogP contribution in [-0.2, 0) is 18.9 Å². The van der Waals surface area contributed by atoms with E-state index in [0.717, 1.165) is 44.8 Å². The van der Waals surface area contributed by atoms with E-state index in [0.29, 0.717) is 77.6 Å². The fraction of sp³-hybridized carbons (Fsp3) is 0.519. The Morgan fingerprint density at radius 1 is 0.564 bits per heavy atom. The third kappa shape index (κ3) is 18.9. The van der Waals surface area contributed by atoms with E-state index in [1.807, 2.05) is 48.5 Å². The molecule has 2 rings (SSSR count). The summed E-state index contributed by atoms with van der Waals surface area (Å²) in [6.07, 6.45) is 0. The lowest BCUT2D eigenvalue weighted by Gasteiger charge is -2.09. The lowest BCUT2D eigenvalue weighted by atomic mass is 10.3. The average Bonchev–Trinajstić information content (AvgIpc) is 2.94. The third-order valence-electron chi connectivity index (χ3n) is 4.79. The van der Waals surface area contributed by atoms with E-state index in [1.165, 1.54) is 0 Å². The highest BCUT2D eigenvalue weighted by molar-refractivity contribution is 8.10. The first-order valence-corrected chi connectivity index (χ1v) is 17.1. The highest BCUT2D eigenvalue weighted by Gasteiger charge is 2.00. The van der Waals surface area contributed by atoms with Crippen molar-refractivity contribution in [2.75, 3.05) is 89.1 Å². The summed E-state index contributed by atoms with van der Waals surface area (Å²) in [6, 6.07) is 15.8. The molecule has 0 heterocycles. The van der Waals surface area contributed by atoms with Crippen LogP contribution >= 0.6 is 46.3 Å². The van der Waals surface area contributed by atoms with E-state index in [2.05, 4.69) is 5.87 Å². The van der Waals surface area contributed by atoms with Gasteiger partial charge in [-0.3, -0.25) is 0 Å². The Labute approximate surface area is 247 Å².